The van der Waals surface area contributed by atoms with Crippen molar-refractivity contribution in [3.05, 3.63) is 23.8 Å². The fourth-order valence-corrected chi connectivity index (χ4v) is 2.60. The van der Waals surface area contributed by atoms with Gasteiger partial charge in [0.15, 0.2) is 11.6 Å². The molecule has 0 radical (unpaired) electrons. The molecule has 20 heavy (non-hydrogen) atoms. The minimum Gasteiger partial charge on any atom is -0.399 e. The van der Waals surface area contributed by atoms with E-state index in [1.807, 2.05) is 0 Å². The SMILES string of the molecule is Nc1cc(F)c(F)c(S(=O)(=O)NCCCOCCO)c1. The van der Waals surface area contributed by atoms with E-state index in [2.05, 4.69) is 4.72 Å². The fraction of sp³-hybridized carbons (Fsp3) is 0.455. The van der Waals surface area contributed by atoms with Crippen LogP contribution in [-0.4, -0.2) is 39.9 Å². The number of aliphatic hydroxyl groups excluding tert-OH is 1. The monoisotopic (exact) mass is 310 g/mol. The largest absolute Gasteiger partial charge is 0.399 e. The molecule has 0 saturated heterocycles. The molecule has 0 aliphatic rings. The van der Waals surface area contributed by atoms with Gasteiger partial charge in [0.05, 0.1) is 13.2 Å². The molecule has 1 aromatic rings. The molecule has 1 rings (SSSR count). The molecule has 0 saturated carbocycles. The lowest BCUT2D eigenvalue weighted by molar-refractivity contribution is 0.0913. The molecule has 0 bridgehead atoms. The van der Waals surface area contributed by atoms with Crippen molar-refractivity contribution in [2.45, 2.75) is 11.3 Å². The number of ether oxygens (including phenoxy) is 1. The number of aliphatic hydroxyl groups is 1. The molecule has 114 valence electrons. The Morgan fingerprint density at radius 2 is 2.00 bits per heavy atom. The molecule has 0 aliphatic heterocycles. The first kappa shape index (κ1) is 16.8. The Bertz CT molecular complexity index is 552. The summed E-state index contributed by atoms with van der Waals surface area (Å²) in [4.78, 5) is -0.828. The maximum Gasteiger partial charge on any atom is 0.243 e. The van der Waals surface area contributed by atoms with Crippen LogP contribution in [0.5, 0.6) is 0 Å². The number of nitrogens with one attached hydrogen (secondary N) is 1. The topological polar surface area (TPSA) is 102 Å². The zero-order valence-corrected chi connectivity index (χ0v) is 11.4. The summed E-state index contributed by atoms with van der Waals surface area (Å²) in [5.74, 6) is -2.79. The van der Waals surface area contributed by atoms with E-state index in [1.54, 1.807) is 0 Å². The second-order valence-electron chi connectivity index (χ2n) is 3.90. The molecular weight excluding hydrogens is 294 g/mol. The molecule has 0 fully saturated rings. The Labute approximate surface area is 115 Å². The summed E-state index contributed by atoms with van der Waals surface area (Å²) in [5.41, 5.74) is 5.11. The van der Waals surface area contributed by atoms with Gasteiger partial charge >= 0.3 is 0 Å². The van der Waals surface area contributed by atoms with E-state index in [-0.39, 0.29) is 32.1 Å². The van der Waals surface area contributed by atoms with Crippen LogP contribution in [0.3, 0.4) is 0 Å². The lowest BCUT2D eigenvalue weighted by Gasteiger charge is -2.09. The number of hydrogen-bond donors (Lipinski definition) is 3. The van der Waals surface area contributed by atoms with Gasteiger partial charge in [-0.3, -0.25) is 0 Å². The fourth-order valence-electron chi connectivity index (χ4n) is 1.40. The van der Waals surface area contributed by atoms with Gasteiger partial charge in [0.25, 0.3) is 0 Å². The average molecular weight is 310 g/mol. The van der Waals surface area contributed by atoms with E-state index >= 15 is 0 Å². The van der Waals surface area contributed by atoms with Crippen LogP contribution in [0.2, 0.25) is 0 Å². The molecule has 1 aromatic carbocycles. The number of nitrogens with two attached hydrogens (primary N) is 1. The molecule has 0 unspecified atom stereocenters. The van der Waals surface area contributed by atoms with Crippen LogP contribution in [0.15, 0.2) is 17.0 Å². The maximum absolute atomic E-state index is 13.5. The van der Waals surface area contributed by atoms with Crippen molar-refractivity contribution in [2.24, 2.45) is 0 Å². The van der Waals surface area contributed by atoms with Gasteiger partial charge in [-0.15, -0.1) is 0 Å². The smallest absolute Gasteiger partial charge is 0.243 e. The third kappa shape index (κ3) is 4.67. The van der Waals surface area contributed by atoms with Crippen molar-refractivity contribution >= 4 is 15.7 Å². The summed E-state index contributed by atoms with van der Waals surface area (Å²) in [7, 11) is -4.18. The normalized spacial score (nSPS) is 11.8. The van der Waals surface area contributed by atoms with Crippen LogP contribution in [0.4, 0.5) is 14.5 Å². The van der Waals surface area contributed by atoms with Crippen LogP contribution < -0.4 is 10.5 Å². The molecule has 4 N–H and O–H groups in total. The van der Waals surface area contributed by atoms with Crippen LogP contribution >= 0.6 is 0 Å². The second kappa shape index (κ2) is 7.48. The van der Waals surface area contributed by atoms with Crippen LogP contribution in [0.25, 0.3) is 0 Å². The number of sulfonamides is 1. The number of halogens is 2. The van der Waals surface area contributed by atoms with Crippen molar-refractivity contribution in [2.75, 3.05) is 32.1 Å². The number of benzene rings is 1. The van der Waals surface area contributed by atoms with E-state index in [1.165, 1.54) is 0 Å². The number of nitrogen functional groups attached to an aromatic ring is 1. The van der Waals surface area contributed by atoms with Gasteiger partial charge in [-0.05, 0) is 18.6 Å². The Balaban J connectivity index is 2.65. The number of hydrogen-bond acceptors (Lipinski definition) is 5. The van der Waals surface area contributed by atoms with E-state index in [0.29, 0.717) is 12.5 Å². The van der Waals surface area contributed by atoms with Crippen molar-refractivity contribution in [3.63, 3.8) is 0 Å². The van der Waals surface area contributed by atoms with E-state index < -0.39 is 26.6 Å². The summed E-state index contributed by atoms with van der Waals surface area (Å²) in [6.45, 7) is 0.252. The summed E-state index contributed by atoms with van der Waals surface area (Å²) in [5, 5.41) is 8.46. The summed E-state index contributed by atoms with van der Waals surface area (Å²) in [6.07, 6.45) is 0.325. The predicted octanol–water partition coefficient (Wildman–Crippen LogP) is 0.224. The van der Waals surface area contributed by atoms with Crippen molar-refractivity contribution in [3.8, 4) is 0 Å². The predicted molar refractivity (Wildman–Crippen MR) is 68.5 cm³/mol. The lowest BCUT2D eigenvalue weighted by atomic mass is 10.3. The van der Waals surface area contributed by atoms with Crippen LogP contribution in [0, 0.1) is 11.6 Å². The highest BCUT2D eigenvalue weighted by molar-refractivity contribution is 7.89. The zero-order valence-electron chi connectivity index (χ0n) is 10.6. The Hall–Kier alpha value is -1.29. The highest BCUT2D eigenvalue weighted by Crippen LogP contribution is 2.20. The molecule has 0 aromatic heterocycles. The van der Waals surface area contributed by atoms with Gasteiger partial charge in [-0.25, -0.2) is 21.9 Å². The summed E-state index contributed by atoms with van der Waals surface area (Å²) in [6, 6.07) is 1.56. The highest BCUT2D eigenvalue weighted by Gasteiger charge is 2.22. The summed E-state index contributed by atoms with van der Waals surface area (Å²) < 4.78 is 57.2. The molecule has 0 spiro atoms. The third-order valence-corrected chi connectivity index (χ3v) is 3.76. The average Bonchev–Trinajstić information content (AvgIpc) is 2.37. The second-order valence-corrected chi connectivity index (χ2v) is 5.64. The maximum atomic E-state index is 13.5. The van der Waals surface area contributed by atoms with Crippen molar-refractivity contribution < 1.29 is 27.0 Å². The first-order chi connectivity index (χ1) is 9.38. The third-order valence-electron chi connectivity index (χ3n) is 2.30. The standard InChI is InChI=1S/C11H16F2N2O4S/c12-9-6-8(14)7-10(11(9)13)20(17,18)15-2-1-4-19-5-3-16/h6-7,15-16H,1-5,14H2. The Kier molecular flexibility index (Phi) is 6.27. The minimum atomic E-state index is -4.18. The molecule has 0 amide bonds. The Morgan fingerprint density at radius 3 is 2.65 bits per heavy atom. The van der Waals surface area contributed by atoms with Gasteiger partial charge in [0.1, 0.15) is 4.90 Å². The molecule has 0 aliphatic carbocycles. The van der Waals surface area contributed by atoms with Crippen molar-refractivity contribution in [1.82, 2.24) is 4.72 Å². The molecule has 0 heterocycles. The summed E-state index contributed by atoms with van der Waals surface area (Å²) >= 11 is 0. The van der Waals surface area contributed by atoms with E-state index in [9.17, 15) is 17.2 Å². The van der Waals surface area contributed by atoms with Gasteiger partial charge in [0, 0.05) is 18.8 Å². The first-order valence-corrected chi connectivity index (χ1v) is 7.29. The van der Waals surface area contributed by atoms with Gasteiger partial charge in [-0.1, -0.05) is 0 Å². The molecule has 9 heteroatoms. The van der Waals surface area contributed by atoms with E-state index in [4.69, 9.17) is 15.6 Å². The van der Waals surface area contributed by atoms with Gasteiger partial charge in [-0.2, -0.15) is 0 Å². The van der Waals surface area contributed by atoms with Gasteiger partial charge < -0.3 is 15.6 Å². The number of anilines is 1. The first-order valence-electron chi connectivity index (χ1n) is 5.81. The quantitative estimate of drug-likeness (QED) is 0.471. The van der Waals surface area contributed by atoms with E-state index in [0.717, 1.165) is 6.07 Å². The lowest BCUT2D eigenvalue weighted by Crippen LogP contribution is -2.27. The molecule has 0 atom stereocenters. The zero-order chi connectivity index (χ0) is 15.2. The minimum absolute atomic E-state index is 0.0103. The molecule has 6 nitrogen and oxygen atoms in total. The highest BCUT2D eigenvalue weighted by atomic mass is 32.2. The van der Waals surface area contributed by atoms with Gasteiger partial charge in [0.2, 0.25) is 10.0 Å². The van der Waals surface area contributed by atoms with Crippen LogP contribution in [-0.2, 0) is 14.8 Å². The molecular formula is C11H16F2N2O4S. The number of rotatable bonds is 8. The van der Waals surface area contributed by atoms with Crippen molar-refractivity contribution in [1.29, 1.82) is 0 Å². The Morgan fingerprint density at radius 1 is 1.30 bits per heavy atom. The van der Waals surface area contributed by atoms with Crippen LogP contribution in [0.1, 0.15) is 6.42 Å².